The lowest BCUT2D eigenvalue weighted by Crippen LogP contribution is -2.30. The molecule has 112 valence electrons. The van der Waals surface area contributed by atoms with Crippen LogP contribution in [0.15, 0.2) is 23.1 Å². The molecule has 0 spiro atoms. The van der Waals surface area contributed by atoms with Gasteiger partial charge >= 0.3 is 5.97 Å². The maximum Gasteiger partial charge on any atom is 0.336 e. The summed E-state index contributed by atoms with van der Waals surface area (Å²) in [7, 11) is -3.91. The van der Waals surface area contributed by atoms with Crippen LogP contribution in [0.3, 0.4) is 0 Å². The highest BCUT2D eigenvalue weighted by molar-refractivity contribution is 7.92. The largest absolute Gasteiger partial charge is 0.478 e. The number of carbonyl (C=O) groups is 2. The van der Waals surface area contributed by atoms with Crippen molar-refractivity contribution in [3.8, 4) is 12.3 Å². The molecule has 1 rings (SSSR count). The van der Waals surface area contributed by atoms with Gasteiger partial charge in [-0.25, -0.2) is 13.2 Å². The first kappa shape index (κ1) is 16.7. The Morgan fingerprint density at radius 2 is 2.05 bits per heavy atom. The predicted octanol–water partition coefficient (Wildman–Crippen LogP) is 0.470. The molecule has 1 amide bonds. The molecule has 0 saturated heterocycles. The predicted molar refractivity (Wildman–Crippen MR) is 76.7 cm³/mol. The number of terminal acetylenes is 1. The maximum absolute atomic E-state index is 12.1. The monoisotopic (exact) mass is 309 g/mol. The van der Waals surface area contributed by atoms with Gasteiger partial charge in [0.15, 0.2) is 9.84 Å². The van der Waals surface area contributed by atoms with Crippen molar-refractivity contribution in [3.05, 3.63) is 29.3 Å². The minimum atomic E-state index is -3.91. The van der Waals surface area contributed by atoms with Crippen molar-refractivity contribution < 1.29 is 23.1 Å². The number of hydrogen-bond donors (Lipinski definition) is 2. The molecule has 0 bridgehead atoms. The van der Waals surface area contributed by atoms with E-state index in [1.807, 2.05) is 0 Å². The second kappa shape index (κ2) is 6.90. The number of carbonyl (C=O) groups excluding carboxylic acids is 1. The summed E-state index contributed by atoms with van der Waals surface area (Å²) in [5, 5.41) is 11.3. The molecule has 0 saturated carbocycles. The molecule has 0 heterocycles. The average Bonchev–Trinajstić information content (AvgIpc) is 2.43. The second-order valence-corrected chi connectivity index (χ2v) is 6.21. The molecule has 6 nitrogen and oxygen atoms in total. The molecule has 0 aliphatic rings. The van der Waals surface area contributed by atoms with Gasteiger partial charge in [0, 0.05) is 0 Å². The number of hydrogen-bond acceptors (Lipinski definition) is 4. The molecular weight excluding hydrogens is 294 g/mol. The Labute approximate surface area is 123 Å². The fourth-order valence-electron chi connectivity index (χ4n) is 1.71. The first-order chi connectivity index (χ1) is 9.81. The third kappa shape index (κ3) is 4.33. The highest BCUT2D eigenvalue weighted by atomic mass is 32.2. The fourth-order valence-corrected chi connectivity index (χ4v) is 2.90. The van der Waals surface area contributed by atoms with Crippen LogP contribution in [0.5, 0.6) is 0 Å². The van der Waals surface area contributed by atoms with Crippen LogP contribution in [0, 0.1) is 12.3 Å². The van der Waals surface area contributed by atoms with E-state index in [4.69, 9.17) is 11.5 Å². The number of carboxylic acid groups (broad SMARTS) is 1. The first-order valence-electron chi connectivity index (χ1n) is 6.11. The molecule has 21 heavy (non-hydrogen) atoms. The molecular formula is C14H15NO5S. The van der Waals surface area contributed by atoms with Crippen molar-refractivity contribution in [1.82, 2.24) is 5.32 Å². The van der Waals surface area contributed by atoms with Crippen LogP contribution in [-0.2, 0) is 21.1 Å². The summed E-state index contributed by atoms with van der Waals surface area (Å²) in [6, 6.07) is 3.82. The van der Waals surface area contributed by atoms with Gasteiger partial charge in [0.05, 0.1) is 17.0 Å². The first-order valence-corrected chi connectivity index (χ1v) is 7.76. The topological polar surface area (TPSA) is 101 Å². The molecule has 1 aromatic carbocycles. The van der Waals surface area contributed by atoms with E-state index in [9.17, 15) is 18.0 Å². The number of nitrogens with one attached hydrogen (secondary N) is 1. The number of aryl methyl sites for hydroxylation is 1. The molecule has 0 aromatic heterocycles. The van der Waals surface area contributed by atoms with Gasteiger partial charge in [-0.1, -0.05) is 18.9 Å². The van der Waals surface area contributed by atoms with Crippen molar-refractivity contribution in [2.45, 2.75) is 18.2 Å². The fraction of sp³-hybridized carbons (Fsp3) is 0.286. The van der Waals surface area contributed by atoms with E-state index < -0.39 is 27.5 Å². The summed E-state index contributed by atoms with van der Waals surface area (Å²) in [5.41, 5.74) is 0.445. The van der Waals surface area contributed by atoms with Crippen LogP contribution in [0.25, 0.3) is 0 Å². The number of sulfone groups is 1. The number of amides is 1. The quantitative estimate of drug-likeness (QED) is 0.744. The second-order valence-electron chi connectivity index (χ2n) is 4.22. The van der Waals surface area contributed by atoms with E-state index in [1.54, 1.807) is 6.92 Å². The average molecular weight is 309 g/mol. The summed E-state index contributed by atoms with van der Waals surface area (Å²) in [5.74, 6) is -0.560. The van der Waals surface area contributed by atoms with Gasteiger partial charge in [-0.3, -0.25) is 4.79 Å². The van der Waals surface area contributed by atoms with Crippen LogP contribution in [0.4, 0.5) is 0 Å². The zero-order valence-electron chi connectivity index (χ0n) is 11.4. The Morgan fingerprint density at radius 3 is 2.57 bits per heavy atom. The van der Waals surface area contributed by atoms with Gasteiger partial charge in [-0.15, -0.1) is 6.42 Å². The van der Waals surface area contributed by atoms with Crippen LogP contribution in [0.2, 0.25) is 0 Å². The van der Waals surface area contributed by atoms with E-state index >= 15 is 0 Å². The molecule has 2 N–H and O–H groups in total. The SMILES string of the molecule is C#CCNC(=O)CS(=O)(=O)c1ccc(CC)c(C(=O)O)c1. The maximum atomic E-state index is 12.1. The van der Waals surface area contributed by atoms with E-state index in [2.05, 4.69) is 11.2 Å². The van der Waals surface area contributed by atoms with Gasteiger partial charge in [0.25, 0.3) is 0 Å². The lowest BCUT2D eigenvalue weighted by atomic mass is 10.1. The van der Waals surface area contributed by atoms with Crippen LogP contribution < -0.4 is 5.32 Å². The van der Waals surface area contributed by atoms with Crippen molar-refractivity contribution in [2.75, 3.05) is 12.3 Å². The van der Waals surface area contributed by atoms with Gasteiger partial charge in [0.2, 0.25) is 5.91 Å². The summed E-state index contributed by atoms with van der Waals surface area (Å²) >= 11 is 0. The highest BCUT2D eigenvalue weighted by Gasteiger charge is 2.21. The lowest BCUT2D eigenvalue weighted by Gasteiger charge is -2.08. The molecule has 0 radical (unpaired) electrons. The number of aromatic carboxylic acids is 1. The van der Waals surface area contributed by atoms with E-state index in [0.29, 0.717) is 12.0 Å². The molecule has 0 atom stereocenters. The minimum Gasteiger partial charge on any atom is -0.478 e. The molecule has 0 aliphatic carbocycles. The third-order valence-corrected chi connectivity index (χ3v) is 4.37. The van der Waals surface area contributed by atoms with Crippen molar-refractivity contribution in [1.29, 1.82) is 0 Å². The summed E-state index contributed by atoms with van der Waals surface area (Å²) < 4.78 is 24.1. The van der Waals surface area contributed by atoms with Crippen LogP contribution in [-0.4, -0.2) is 37.7 Å². The Balaban J connectivity index is 3.10. The molecule has 1 aromatic rings. The summed E-state index contributed by atoms with van der Waals surface area (Å²) in [6.07, 6.45) is 5.42. The van der Waals surface area contributed by atoms with E-state index in [-0.39, 0.29) is 17.0 Å². The Bertz CT molecular complexity index is 701. The van der Waals surface area contributed by atoms with Crippen LogP contribution >= 0.6 is 0 Å². The zero-order valence-corrected chi connectivity index (χ0v) is 12.2. The van der Waals surface area contributed by atoms with Crippen molar-refractivity contribution in [3.63, 3.8) is 0 Å². The standard InChI is InChI=1S/C14H15NO5S/c1-3-7-15-13(16)9-21(19,20)11-6-5-10(4-2)12(8-11)14(17)18/h1,5-6,8H,4,7,9H2,2H3,(H,15,16)(H,17,18). The molecule has 0 aliphatic heterocycles. The van der Waals surface area contributed by atoms with Gasteiger partial charge in [0.1, 0.15) is 5.75 Å². The minimum absolute atomic E-state index is 0.0660. The van der Waals surface area contributed by atoms with E-state index in [1.165, 1.54) is 12.1 Å². The van der Waals surface area contributed by atoms with Gasteiger partial charge in [-0.2, -0.15) is 0 Å². The normalized spacial score (nSPS) is 10.7. The smallest absolute Gasteiger partial charge is 0.336 e. The number of carboxylic acids is 1. The Hall–Kier alpha value is -2.33. The van der Waals surface area contributed by atoms with E-state index in [0.717, 1.165) is 6.07 Å². The number of rotatable bonds is 6. The van der Waals surface area contributed by atoms with Gasteiger partial charge in [-0.05, 0) is 24.1 Å². The zero-order chi connectivity index (χ0) is 16.0. The Kier molecular flexibility index (Phi) is 5.50. The third-order valence-electron chi connectivity index (χ3n) is 2.76. The summed E-state index contributed by atoms with van der Waals surface area (Å²) in [4.78, 5) is 22.4. The highest BCUT2D eigenvalue weighted by Crippen LogP contribution is 2.18. The number of benzene rings is 1. The molecule has 0 fully saturated rings. The van der Waals surface area contributed by atoms with Crippen molar-refractivity contribution >= 4 is 21.7 Å². The van der Waals surface area contributed by atoms with Gasteiger partial charge < -0.3 is 10.4 Å². The summed E-state index contributed by atoms with van der Waals surface area (Å²) in [6.45, 7) is 1.70. The lowest BCUT2D eigenvalue weighted by molar-refractivity contribution is -0.118. The van der Waals surface area contributed by atoms with Crippen molar-refractivity contribution in [2.24, 2.45) is 0 Å². The molecule has 7 heteroatoms. The Morgan fingerprint density at radius 1 is 1.38 bits per heavy atom. The van der Waals surface area contributed by atoms with Crippen LogP contribution in [0.1, 0.15) is 22.8 Å². The molecule has 0 unspecified atom stereocenters.